The minimum Gasteiger partial charge on any atom is -0.324 e. The van der Waals surface area contributed by atoms with E-state index in [9.17, 15) is 9.59 Å². The average molecular weight is 374 g/mol. The number of benzene rings is 2. The van der Waals surface area contributed by atoms with Crippen LogP contribution in [-0.4, -0.2) is 20.1 Å². The van der Waals surface area contributed by atoms with Gasteiger partial charge >= 0.3 is 0 Å². The van der Waals surface area contributed by atoms with Crippen molar-refractivity contribution in [3.63, 3.8) is 0 Å². The normalized spacial score (nSPS) is 12.4. The summed E-state index contributed by atoms with van der Waals surface area (Å²) in [6.07, 6.45) is 0.907. The average Bonchev–Trinajstić information content (AvgIpc) is 3.02. The molecule has 0 saturated carbocycles. The topological polar surface area (TPSA) is 68.4 Å². The zero-order chi connectivity index (χ0) is 19.8. The van der Waals surface area contributed by atoms with Crippen molar-refractivity contribution in [2.24, 2.45) is 0 Å². The second kappa shape index (κ2) is 6.96. The Morgan fingerprint density at radius 3 is 2.71 bits per heavy atom. The van der Waals surface area contributed by atoms with Crippen LogP contribution in [0.15, 0.2) is 59.4 Å². The molecule has 4 rings (SSSR count). The summed E-state index contributed by atoms with van der Waals surface area (Å²) < 4.78 is 3.74. The predicted octanol–water partition coefficient (Wildman–Crippen LogP) is 3.72. The van der Waals surface area contributed by atoms with Crippen LogP contribution in [0.5, 0.6) is 0 Å². The molecule has 1 N–H and O–H groups in total. The maximum atomic E-state index is 13.0. The zero-order valence-corrected chi connectivity index (χ0v) is 16.1. The first-order valence-electron chi connectivity index (χ1n) is 9.39. The minimum absolute atomic E-state index is 0.131. The fourth-order valence-electron chi connectivity index (χ4n) is 3.62. The van der Waals surface area contributed by atoms with Gasteiger partial charge in [0.05, 0.1) is 5.52 Å². The fraction of sp³-hybridized carbons (Fsp3) is 0.227. The van der Waals surface area contributed by atoms with Crippen molar-refractivity contribution in [2.75, 3.05) is 5.32 Å². The molecule has 0 radical (unpaired) electrons. The molecule has 0 bridgehead atoms. The van der Waals surface area contributed by atoms with Gasteiger partial charge in [0.2, 0.25) is 5.91 Å². The number of fused-ring (bicyclic) bond motifs is 3. The second-order valence-corrected chi connectivity index (χ2v) is 6.95. The largest absolute Gasteiger partial charge is 0.324 e. The van der Waals surface area contributed by atoms with Crippen LogP contribution in [0, 0.1) is 6.92 Å². The number of carbonyl (C=O) groups excluding carboxylic acids is 1. The van der Waals surface area contributed by atoms with E-state index in [1.165, 1.54) is 11.6 Å². The first-order chi connectivity index (χ1) is 13.5. The Morgan fingerprint density at radius 2 is 1.93 bits per heavy atom. The van der Waals surface area contributed by atoms with E-state index in [2.05, 4.69) is 17.2 Å². The number of para-hydroxylation sites is 1. The van der Waals surface area contributed by atoms with Crippen LogP contribution in [0.25, 0.3) is 16.6 Å². The Kier molecular flexibility index (Phi) is 4.47. The molecule has 2 heterocycles. The fourth-order valence-corrected chi connectivity index (χ4v) is 3.62. The molecule has 28 heavy (non-hydrogen) atoms. The number of amides is 1. The number of aryl methyl sites for hydroxylation is 2. The van der Waals surface area contributed by atoms with Crippen molar-refractivity contribution >= 4 is 28.1 Å². The van der Waals surface area contributed by atoms with Crippen molar-refractivity contribution < 1.29 is 4.79 Å². The van der Waals surface area contributed by atoms with Crippen molar-refractivity contribution in [1.29, 1.82) is 0 Å². The summed E-state index contributed by atoms with van der Waals surface area (Å²) in [6.45, 7) is 5.78. The quantitative estimate of drug-likeness (QED) is 0.592. The maximum absolute atomic E-state index is 13.0. The SMILES string of the molecule is CCc1cccc(NC(=O)[C@@H](C)n2c3ccccc3c3nc(=O)cc(C)n32)c1. The Morgan fingerprint density at radius 1 is 1.14 bits per heavy atom. The number of rotatable bonds is 4. The zero-order valence-electron chi connectivity index (χ0n) is 16.1. The number of carbonyl (C=O) groups is 1. The van der Waals surface area contributed by atoms with Crippen LogP contribution < -0.4 is 10.9 Å². The Hall–Kier alpha value is -3.41. The molecule has 0 fully saturated rings. The lowest BCUT2D eigenvalue weighted by molar-refractivity contribution is -0.119. The van der Waals surface area contributed by atoms with Gasteiger partial charge in [-0.1, -0.05) is 31.2 Å². The molecule has 6 nitrogen and oxygen atoms in total. The molecule has 2 aromatic carbocycles. The third kappa shape index (κ3) is 2.97. The molecule has 0 unspecified atom stereocenters. The molecule has 4 aromatic rings. The van der Waals surface area contributed by atoms with Crippen molar-refractivity contribution in [3.05, 3.63) is 76.2 Å². The van der Waals surface area contributed by atoms with Crippen molar-refractivity contribution in [2.45, 2.75) is 33.2 Å². The van der Waals surface area contributed by atoms with Gasteiger partial charge in [0.25, 0.3) is 5.56 Å². The van der Waals surface area contributed by atoms with E-state index in [1.54, 1.807) is 0 Å². The number of aromatic nitrogens is 3. The van der Waals surface area contributed by atoms with E-state index < -0.39 is 6.04 Å². The van der Waals surface area contributed by atoms with Crippen molar-refractivity contribution in [1.82, 2.24) is 14.2 Å². The number of nitrogens with zero attached hydrogens (tertiary/aromatic N) is 3. The summed E-state index contributed by atoms with van der Waals surface area (Å²) in [6, 6.07) is 16.5. The molecule has 2 aromatic heterocycles. The molecule has 0 aliphatic carbocycles. The van der Waals surface area contributed by atoms with Gasteiger partial charge in [0.1, 0.15) is 6.04 Å². The van der Waals surface area contributed by atoms with Gasteiger partial charge in [-0.25, -0.2) is 4.52 Å². The highest BCUT2D eigenvalue weighted by Gasteiger charge is 2.22. The highest BCUT2D eigenvalue weighted by atomic mass is 16.2. The Bertz CT molecular complexity index is 1250. The van der Waals surface area contributed by atoms with Gasteiger partial charge in [0, 0.05) is 22.8 Å². The second-order valence-electron chi connectivity index (χ2n) is 6.95. The number of nitrogens with one attached hydrogen (secondary N) is 1. The summed E-state index contributed by atoms with van der Waals surface area (Å²) in [5.74, 6) is -0.131. The van der Waals surface area contributed by atoms with Crippen molar-refractivity contribution in [3.8, 4) is 0 Å². The summed E-state index contributed by atoms with van der Waals surface area (Å²) in [5, 5.41) is 3.85. The molecule has 0 saturated heterocycles. The lowest BCUT2D eigenvalue weighted by Crippen LogP contribution is -2.27. The smallest absolute Gasteiger partial charge is 0.273 e. The summed E-state index contributed by atoms with van der Waals surface area (Å²) >= 11 is 0. The van der Waals surface area contributed by atoms with Gasteiger partial charge < -0.3 is 5.32 Å². The van der Waals surface area contributed by atoms with E-state index in [0.717, 1.165) is 28.7 Å². The summed E-state index contributed by atoms with van der Waals surface area (Å²) in [7, 11) is 0. The van der Waals surface area contributed by atoms with Gasteiger partial charge in [0.15, 0.2) is 5.65 Å². The van der Waals surface area contributed by atoms with Crippen LogP contribution in [-0.2, 0) is 11.2 Å². The summed E-state index contributed by atoms with van der Waals surface area (Å²) in [4.78, 5) is 29.2. The molecule has 0 aliphatic rings. The van der Waals surface area contributed by atoms with E-state index >= 15 is 0 Å². The maximum Gasteiger partial charge on any atom is 0.273 e. The highest BCUT2D eigenvalue weighted by molar-refractivity contribution is 5.97. The molecular weight excluding hydrogens is 352 g/mol. The van der Waals surface area contributed by atoms with E-state index in [-0.39, 0.29) is 11.5 Å². The monoisotopic (exact) mass is 374 g/mol. The lowest BCUT2D eigenvalue weighted by atomic mass is 10.1. The van der Waals surface area contributed by atoms with Gasteiger partial charge in [-0.05, 0) is 50.1 Å². The Balaban J connectivity index is 1.83. The van der Waals surface area contributed by atoms with Crippen LogP contribution in [0.3, 0.4) is 0 Å². The van der Waals surface area contributed by atoms with Crippen LogP contribution in [0.1, 0.15) is 31.1 Å². The molecule has 1 atom stereocenters. The third-order valence-corrected chi connectivity index (χ3v) is 5.04. The summed E-state index contributed by atoms with van der Waals surface area (Å²) in [5.41, 5.74) is 3.81. The predicted molar refractivity (Wildman–Crippen MR) is 111 cm³/mol. The standard InChI is InChI=1S/C22H22N4O2/c1-4-16-8-7-9-17(13-16)23-22(28)15(3)26-19-11-6-5-10-18(19)21-24-20(27)12-14(2)25(21)26/h5-13,15H,4H2,1-3H3,(H,23,28)/t15-/m1/s1. The highest BCUT2D eigenvalue weighted by Crippen LogP contribution is 2.25. The van der Waals surface area contributed by atoms with E-state index in [1.807, 2.05) is 71.6 Å². The van der Waals surface area contributed by atoms with E-state index in [4.69, 9.17) is 0 Å². The van der Waals surface area contributed by atoms with Gasteiger partial charge in [-0.15, -0.1) is 0 Å². The molecule has 0 spiro atoms. The molecular formula is C22H22N4O2. The van der Waals surface area contributed by atoms with Gasteiger partial charge in [-0.3, -0.25) is 14.3 Å². The van der Waals surface area contributed by atoms with Gasteiger partial charge in [-0.2, -0.15) is 4.98 Å². The first kappa shape index (κ1) is 18.0. The molecule has 6 heteroatoms. The minimum atomic E-state index is -0.504. The Labute approximate surface area is 162 Å². The molecule has 1 amide bonds. The molecule has 142 valence electrons. The molecule has 0 aliphatic heterocycles. The van der Waals surface area contributed by atoms with Crippen LogP contribution >= 0.6 is 0 Å². The van der Waals surface area contributed by atoms with Crippen LogP contribution in [0.2, 0.25) is 0 Å². The first-order valence-corrected chi connectivity index (χ1v) is 9.39. The number of anilines is 1. The number of hydrogen-bond donors (Lipinski definition) is 1. The lowest BCUT2D eigenvalue weighted by Gasteiger charge is -2.18. The third-order valence-electron chi connectivity index (χ3n) is 5.04. The number of hydrogen-bond acceptors (Lipinski definition) is 3. The van der Waals surface area contributed by atoms with E-state index in [0.29, 0.717) is 5.65 Å². The van der Waals surface area contributed by atoms with Crippen LogP contribution in [0.4, 0.5) is 5.69 Å².